The van der Waals surface area contributed by atoms with E-state index in [4.69, 9.17) is 5.11 Å². The Hall–Kier alpha value is -1.91. The zero-order valence-corrected chi connectivity index (χ0v) is 8.20. The Bertz CT molecular complexity index is 454. The molecular weight excluding hydrogens is 196 g/mol. The number of aromatic carboxylic acids is 1. The Labute approximate surface area is 86.1 Å². The average Bonchev–Trinajstić information content (AvgIpc) is 2.17. The van der Waals surface area contributed by atoms with Gasteiger partial charge in [-0.3, -0.25) is 9.78 Å². The Morgan fingerprint density at radius 1 is 1.53 bits per heavy atom. The SMILES string of the molecule is Cc1nc2c(cc1C(=O)O)NC(=O)CC2. The molecule has 0 bridgehead atoms. The van der Waals surface area contributed by atoms with Gasteiger partial charge >= 0.3 is 5.97 Å². The molecular formula is C10H10N2O3. The number of nitrogens with zero attached hydrogens (tertiary/aromatic N) is 1. The molecule has 2 rings (SSSR count). The minimum absolute atomic E-state index is 0.0931. The molecule has 2 heterocycles. The number of amides is 1. The van der Waals surface area contributed by atoms with Crippen LogP contribution in [0.2, 0.25) is 0 Å². The molecule has 0 atom stereocenters. The molecule has 0 aromatic carbocycles. The summed E-state index contributed by atoms with van der Waals surface area (Å²) in [6.07, 6.45) is 0.980. The monoisotopic (exact) mass is 206 g/mol. The molecule has 2 N–H and O–H groups in total. The lowest BCUT2D eigenvalue weighted by molar-refractivity contribution is -0.116. The normalized spacial score (nSPS) is 14.3. The molecule has 0 radical (unpaired) electrons. The number of anilines is 1. The fourth-order valence-corrected chi connectivity index (χ4v) is 1.61. The lowest BCUT2D eigenvalue weighted by Gasteiger charge is -2.17. The summed E-state index contributed by atoms with van der Waals surface area (Å²) in [5, 5.41) is 11.5. The summed E-state index contributed by atoms with van der Waals surface area (Å²) in [5.74, 6) is -1.12. The lowest BCUT2D eigenvalue weighted by Crippen LogP contribution is -2.21. The first-order chi connectivity index (χ1) is 7.08. The number of aromatic nitrogens is 1. The molecule has 1 amide bonds. The second-order valence-corrected chi connectivity index (χ2v) is 3.47. The van der Waals surface area contributed by atoms with E-state index < -0.39 is 5.97 Å². The van der Waals surface area contributed by atoms with Crippen LogP contribution in [0.5, 0.6) is 0 Å². The predicted molar refractivity (Wildman–Crippen MR) is 52.9 cm³/mol. The van der Waals surface area contributed by atoms with Crippen molar-refractivity contribution in [3.05, 3.63) is 23.0 Å². The number of nitrogens with one attached hydrogen (secondary N) is 1. The Balaban J connectivity index is 2.51. The molecule has 1 aliphatic rings. The van der Waals surface area contributed by atoms with Gasteiger partial charge in [-0.25, -0.2) is 4.79 Å². The van der Waals surface area contributed by atoms with Gasteiger partial charge < -0.3 is 10.4 Å². The van der Waals surface area contributed by atoms with Crippen molar-refractivity contribution in [1.82, 2.24) is 4.98 Å². The second-order valence-electron chi connectivity index (χ2n) is 3.47. The molecule has 0 aliphatic carbocycles. The van der Waals surface area contributed by atoms with Crippen LogP contribution in [-0.2, 0) is 11.2 Å². The van der Waals surface area contributed by atoms with Gasteiger partial charge in [-0.05, 0) is 13.0 Å². The third-order valence-corrected chi connectivity index (χ3v) is 2.39. The van der Waals surface area contributed by atoms with Crippen LogP contribution in [0.15, 0.2) is 6.07 Å². The van der Waals surface area contributed by atoms with Gasteiger partial charge in [0.2, 0.25) is 5.91 Å². The van der Waals surface area contributed by atoms with Crippen LogP contribution in [-0.4, -0.2) is 22.0 Å². The zero-order chi connectivity index (χ0) is 11.0. The fraction of sp³-hybridized carbons (Fsp3) is 0.300. The van der Waals surface area contributed by atoms with Crippen molar-refractivity contribution in [3.63, 3.8) is 0 Å². The Kier molecular flexibility index (Phi) is 2.15. The van der Waals surface area contributed by atoms with E-state index in [0.29, 0.717) is 24.2 Å². The highest BCUT2D eigenvalue weighted by molar-refractivity contribution is 5.96. The van der Waals surface area contributed by atoms with E-state index in [2.05, 4.69) is 10.3 Å². The molecule has 0 saturated carbocycles. The summed E-state index contributed by atoms with van der Waals surface area (Å²) >= 11 is 0. The minimum Gasteiger partial charge on any atom is -0.478 e. The van der Waals surface area contributed by atoms with Crippen LogP contribution in [0.25, 0.3) is 0 Å². The molecule has 5 heteroatoms. The van der Waals surface area contributed by atoms with E-state index in [0.717, 1.165) is 5.69 Å². The number of rotatable bonds is 1. The van der Waals surface area contributed by atoms with Crippen molar-refractivity contribution >= 4 is 17.6 Å². The summed E-state index contributed by atoms with van der Waals surface area (Å²) < 4.78 is 0. The number of hydrogen-bond donors (Lipinski definition) is 2. The summed E-state index contributed by atoms with van der Waals surface area (Å²) in [4.78, 5) is 26.1. The van der Waals surface area contributed by atoms with Gasteiger partial charge in [0.25, 0.3) is 0 Å². The number of aryl methyl sites for hydroxylation is 2. The average molecular weight is 206 g/mol. The maximum atomic E-state index is 11.1. The van der Waals surface area contributed by atoms with Crippen molar-refractivity contribution in [3.8, 4) is 0 Å². The van der Waals surface area contributed by atoms with Crippen molar-refractivity contribution in [1.29, 1.82) is 0 Å². The number of hydrogen-bond acceptors (Lipinski definition) is 3. The molecule has 1 aromatic heterocycles. The molecule has 0 unspecified atom stereocenters. The molecule has 0 spiro atoms. The van der Waals surface area contributed by atoms with E-state index in [1.54, 1.807) is 6.92 Å². The molecule has 1 aromatic rings. The predicted octanol–water partition coefficient (Wildman–Crippen LogP) is 0.973. The maximum Gasteiger partial charge on any atom is 0.337 e. The first-order valence-electron chi connectivity index (χ1n) is 4.61. The van der Waals surface area contributed by atoms with E-state index in [9.17, 15) is 9.59 Å². The standard InChI is InChI=1S/C10H10N2O3/c1-5-6(10(14)15)4-8-7(11-5)2-3-9(13)12-8/h4H,2-3H2,1H3,(H,12,13)(H,14,15). The van der Waals surface area contributed by atoms with Crippen LogP contribution >= 0.6 is 0 Å². The van der Waals surface area contributed by atoms with Crippen LogP contribution in [0, 0.1) is 6.92 Å². The topological polar surface area (TPSA) is 79.3 Å². The number of fused-ring (bicyclic) bond motifs is 1. The quantitative estimate of drug-likeness (QED) is 0.717. The summed E-state index contributed by atoms with van der Waals surface area (Å²) in [5.41, 5.74) is 1.90. The van der Waals surface area contributed by atoms with E-state index >= 15 is 0 Å². The van der Waals surface area contributed by atoms with Gasteiger partial charge in [-0.2, -0.15) is 0 Å². The summed E-state index contributed by atoms with van der Waals surface area (Å²) in [6.45, 7) is 1.65. The first-order valence-corrected chi connectivity index (χ1v) is 4.61. The second kappa shape index (κ2) is 3.34. The van der Waals surface area contributed by atoms with Gasteiger partial charge in [0.15, 0.2) is 0 Å². The first kappa shape index (κ1) is 9.64. The van der Waals surface area contributed by atoms with Crippen molar-refractivity contribution in [2.75, 3.05) is 5.32 Å². The Morgan fingerprint density at radius 2 is 2.27 bits per heavy atom. The molecule has 78 valence electrons. The van der Waals surface area contributed by atoms with E-state index in [1.165, 1.54) is 6.07 Å². The molecule has 0 saturated heterocycles. The van der Waals surface area contributed by atoms with Gasteiger partial charge in [-0.15, -0.1) is 0 Å². The highest BCUT2D eigenvalue weighted by Crippen LogP contribution is 2.23. The Morgan fingerprint density at radius 3 is 2.93 bits per heavy atom. The highest BCUT2D eigenvalue weighted by atomic mass is 16.4. The van der Waals surface area contributed by atoms with Gasteiger partial charge in [0, 0.05) is 12.8 Å². The van der Waals surface area contributed by atoms with Crippen LogP contribution in [0.4, 0.5) is 5.69 Å². The fourth-order valence-electron chi connectivity index (χ4n) is 1.61. The number of carbonyl (C=O) groups is 2. The van der Waals surface area contributed by atoms with Crippen LogP contribution in [0.1, 0.15) is 28.2 Å². The summed E-state index contributed by atoms with van der Waals surface area (Å²) in [7, 11) is 0. The van der Waals surface area contributed by atoms with Gasteiger partial charge in [-0.1, -0.05) is 0 Å². The van der Waals surface area contributed by atoms with E-state index in [1.807, 2.05) is 0 Å². The van der Waals surface area contributed by atoms with Crippen molar-refractivity contribution < 1.29 is 14.7 Å². The largest absolute Gasteiger partial charge is 0.478 e. The van der Waals surface area contributed by atoms with Crippen molar-refractivity contribution in [2.45, 2.75) is 19.8 Å². The maximum absolute atomic E-state index is 11.1. The number of carbonyl (C=O) groups excluding carboxylic acids is 1. The zero-order valence-electron chi connectivity index (χ0n) is 8.20. The smallest absolute Gasteiger partial charge is 0.337 e. The molecule has 0 fully saturated rings. The third-order valence-electron chi connectivity index (χ3n) is 2.39. The van der Waals surface area contributed by atoms with Crippen LogP contribution < -0.4 is 5.32 Å². The lowest BCUT2D eigenvalue weighted by atomic mass is 10.1. The van der Waals surface area contributed by atoms with Gasteiger partial charge in [0.1, 0.15) is 0 Å². The van der Waals surface area contributed by atoms with Crippen molar-refractivity contribution in [2.24, 2.45) is 0 Å². The molecule has 5 nitrogen and oxygen atoms in total. The number of carboxylic acid groups (broad SMARTS) is 1. The summed E-state index contributed by atoms with van der Waals surface area (Å²) in [6, 6.07) is 1.47. The minimum atomic E-state index is -1.03. The number of pyridine rings is 1. The third kappa shape index (κ3) is 1.68. The highest BCUT2D eigenvalue weighted by Gasteiger charge is 2.19. The number of carboxylic acids is 1. The van der Waals surface area contributed by atoms with Gasteiger partial charge in [0.05, 0.1) is 22.6 Å². The van der Waals surface area contributed by atoms with E-state index in [-0.39, 0.29) is 11.5 Å². The molecule has 15 heavy (non-hydrogen) atoms. The van der Waals surface area contributed by atoms with Crippen LogP contribution in [0.3, 0.4) is 0 Å². The molecule has 1 aliphatic heterocycles.